The Morgan fingerprint density at radius 3 is 1.76 bits per heavy atom. The van der Waals surface area contributed by atoms with E-state index in [9.17, 15) is 9.22 Å². The van der Waals surface area contributed by atoms with Gasteiger partial charge in [-0.05, 0) is 121 Å². The summed E-state index contributed by atoms with van der Waals surface area (Å²) < 4.78 is 206. The van der Waals surface area contributed by atoms with Gasteiger partial charge in [0.1, 0.15) is 11.6 Å². The number of para-hydroxylation sites is 1. The van der Waals surface area contributed by atoms with Crippen molar-refractivity contribution in [3.05, 3.63) is 216 Å². The number of nitrogens with zero attached hydrogens (tertiary/aromatic N) is 3. The van der Waals surface area contributed by atoms with Crippen molar-refractivity contribution >= 4 is 11.0 Å². The van der Waals surface area contributed by atoms with Crippen molar-refractivity contribution in [2.24, 2.45) is 0 Å². The first-order valence-electron chi connectivity index (χ1n) is 35.2. The summed E-state index contributed by atoms with van der Waals surface area (Å²) in [6.45, 7) is -21.8. The third kappa shape index (κ3) is 10.4. The molecule has 0 atom stereocenters. The van der Waals surface area contributed by atoms with E-state index in [2.05, 4.69) is 6.07 Å². The summed E-state index contributed by atoms with van der Waals surface area (Å²) in [5.74, 6) is -4.70. The van der Waals surface area contributed by atoms with Gasteiger partial charge < -0.3 is 5.11 Å². The standard InChI is InChI=1S/C69H66N3O.Pt/c1-43(2)52-34-53(44(3)4)36-55(35-52)50-29-30-63(45(5)33-50)72-64-24-18-23-59(65(64)71-67(72)60-41-58(68(6,7)8)42-61(66(60)73)69(9,10)11)56-37-54(47-21-16-13-17-22-47)38-57(39-56)62-40-51(31-32-70-62)49-27-25-48(26-28-49)46-19-14-12-15-20-46;/h12-38,40-44,73H,1-11H3;/q-1;/i5D3,6D3,7D3,8D3,9D3,10D3,11D3,43D,44D;. The first-order valence-corrected chi connectivity index (χ1v) is 23.7. The molecule has 2 aromatic heterocycles. The van der Waals surface area contributed by atoms with E-state index in [0.717, 1.165) is 32.4 Å². The van der Waals surface area contributed by atoms with Crippen LogP contribution >= 0.6 is 0 Å². The Hall–Kier alpha value is -7.13. The number of hydrogen-bond donors (Lipinski definition) is 1. The van der Waals surface area contributed by atoms with Gasteiger partial charge in [-0.15, -0.1) is 23.8 Å². The van der Waals surface area contributed by atoms with Crippen molar-refractivity contribution < 1.29 is 57.7 Å². The van der Waals surface area contributed by atoms with Crippen LogP contribution in [0, 0.1) is 12.9 Å². The number of imidazole rings is 1. The molecule has 0 unspecified atom stereocenters. The van der Waals surface area contributed by atoms with Crippen LogP contribution < -0.4 is 0 Å². The van der Waals surface area contributed by atoms with Gasteiger partial charge in [0.2, 0.25) is 0 Å². The largest absolute Gasteiger partial charge is 0.507 e. The van der Waals surface area contributed by atoms with Crippen LogP contribution in [0.1, 0.15) is 140 Å². The summed E-state index contributed by atoms with van der Waals surface area (Å²) >= 11 is 0. The molecule has 0 saturated heterocycles. The minimum absolute atomic E-state index is 0. The van der Waals surface area contributed by atoms with Crippen LogP contribution in [0.3, 0.4) is 0 Å². The zero-order chi connectivity index (χ0) is 70.7. The number of aromatic nitrogens is 3. The second kappa shape index (κ2) is 20.6. The number of hydrogen-bond acceptors (Lipinski definition) is 3. The monoisotopic (exact) mass is 1170 g/mol. The van der Waals surface area contributed by atoms with Crippen LogP contribution in [0.4, 0.5) is 0 Å². The number of pyridine rings is 1. The minimum Gasteiger partial charge on any atom is -0.507 e. The molecule has 10 aromatic rings. The molecular formula is C69H66N3OPt-. The molecule has 374 valence electrons. The van der Waals surface area contributed by atoms with Crippen molar-refractivity contribution in [3.8, 4) is 89.7 Å². The van der Waals surface area contributed by atoms with Gasteiger partial charge in [-0.25, -0.2) is 4.98 Å². The number of benzene rings is 8. The molecule has 74 heavy (non-hydrogen) atoms. The molecule has 2 heterocycles. The topological polar surface area (TPSA) is 50.9 Å². The Balaban J connectivity index is 0.0000110. The van der Waals surface area contributed by atoms with E-state index in [0.29, 0.717) is 45.1 Å². The molecule has 0 aliphatic rings. The van der Waals surface area contributed by atoms with Gasteiger partial charge in [0, 0.05) is 70.0 Å². The van der Waals surface area contributed by atoms with E-state index in [1.165, 1.54) is 24.3 Å². The number of aromatic hydroxyl groups is 1. The van der Waals surface area contributed by atoms with Gasteiger partial charge in [0.05, 0.1) is 22.3 Å². The Kier molecular flexibility index (Phi) is 8.45. The maximum absolute atomic E-state index is 13.2. The summed E-state index contributed by atoms with van der Waals surface area (Å²) in [5.41, 5.74) is -5.18. The molecule has 0 fully saturated rings. The van der Waals surface area contributed by atoms with Crippen LogP contribution in [0.15, 0.2) is 182 Å². The molecule has 0 aliphatic heterocycles. The normalized spacial score (nSPS) is 18.0. The van der Waals surface area contributed by atoms with Crippen LogP contribution in [0.2, 0.25) is 0 Å². The van der Waals surface area contributed by atoms with Gasteiger partial charge in [0.15, 0.2) is 0 Å². The SMILES string of the molecule is [2H]C([2H])([2H])c1cc(-c2cc(C([2H])(C)C)cc(C([2H])(C)C)c2)ccc1-n1c(-c2cc(C(C([2H])([2H])[2H])(C([2H])([2H])[2H])C([2H])([2H])[2H])cc(C(C([2H])([2H])[2H])(C([2H])([2H])[2H])C([2H])([2H])[2H])c2O)nc2c(-c3[c-]c(-c4cc(-c5ccc(-c6ccccc6)cc5)ccn4)cc(-c4ccccc4)c3)cccc21.[Pt]. The molecule has 5 heteroatoms. The summed E-state index contributed by atoms with van der Waals surface area (Å²) in [6.07, 6.45) is 1.65. The molecule has 4 nitrogen and oxygen atoms in total. The van der Waals surface area contributed by atoms with Crippen molar-refractivity contribution in [1.82, 2.24) is 14.5 Å². The molecule has 0 radical (unpaired) electrons. The molecule has 0 amide bonds. The Labute approximate surface area is 485 Å². The first kappa shape index (κ1) is 30.3. The van der Waals surface area contributed by atoms with E-state index < -0.39 is 104 Å². The predicted octanol–water partition coefficient (Wildman–Crippen LogP) is 18.7. The fraction of sp³-hybridized carbons (Fsp3) is 0.217. The number of aryl methyl sites for hydroxylation is 1. The van der Waals surface area contributed by atoms with Crippen molar-refractivity contribution in [1.29, 1.82) is 0 Å². The van der Waals surface area contributed by atoms with E-state index in [-0.39, 0.29) is 55.0 Å². The molecule has 0 bridgehead atoms. The second-order valence-electron chi connectivity index (χ2n) is 18.8. The fourth-order valence-electron chi connectivity index (χ4n) is 9.22. The number of phenolic OH excluding ortho intramolecular Hbond substituents is 1. The number of rotatable bonds is 10. The molecule has 0 saturated carbocycles. The van der Waals surface area contributed by atoms with Crippen LogP contribution in [-0.2, 0) is 31.9 Å². The van der Waals surface area contributed by atoms with Crippen LogP contribution in [0.5, 0.6) is 5.75 Å². The van der Waals surface area contributed by atoms with Gasteiger partial charge in [0.25, 0.3) is 0 Å². The minimum atomic E-state index is -4.28. The third-order valence-electron chi connectivity index (χ3n) is 13.2. The molecule has 0 spiro atoms. The number of phenols is 1. The van der Waals surface area contributed by atoms with Gasteiger partial charge >= 0.3 is 0 Å². The molecule has 8 aromatic carbocycles. The maximum Gasteiger partial charge on any atom is 0.148 e. The fourth-order valence-corrected chi connectivity index (χ4v) is 9.22. The van der Waals surface area contributed by atoms with Crippen LogP contribution in [0.25, 0.3) is 95.0 Å². The summed E-state index contributed by atoms with van der Waals surface area (Å²) in [6, 6.07) is 52.7. The Bertz CT molecular complexity index is 4470. The summed E-state index contributed by atoms with van der Waals surface area (Å²) in [7, 11) is 0. The zero-order valence-corrected chi connectivity index (χ0v) is 43.2. The van der Waals surface area contributed by atoms with Crippen molar-refractivity contribution in [2.45, 2.75) is 98.3 Å². The second-order valence-corrected chi connectivity index (χ2v) is 18.8. The number of fused-ring (bicyclic) bond motifs is 1. The predicted molar refractivity (Wildman–Crippen MR) is 308 cm³/mol. The molecular weight excluding hydrogens is 1080 g/mol. The van der Waals surface area contributed by atoms with Gasteiger partial charge in [-0.1, -0.05) is 219 Å². The molecule has 0 aliphatic carbocycles. The van der Waals surface area contributed by atoms with E-state index in [1.807, 2.05) is 103 Å². The van der Waals surface area contributed by atoms with E-state index >= 15 is 0 Å². The average Bonchev–Trinajstić information content (AvgIpc) is 1.30. The Morgan fingerprint density at radius 1 is 0.541 bits per heavy atom. The maximum atomic E-state index is 13.2. The summed E-state index contributed by atoms with van der Waals surface area (Å²) in [4.78, 5) is 9.89. The molecule has 1 N–H and O–H groups in total. The molecule has 10 rings (SSSR count). The zero-order valence-electron chi connectivity index (χ0n) is 63.9. The Morgan fingerprint density at radius 2 is 1.12 bits per heavy atom. The van der Waals surface area contributed by atoms with Crippen molar-refractivity contribution in [2.75, 3.05) is 0 Å². The van der Waals surface area contributed by atoms with Gasteiger partial charge in [-0.2, -0.15) is 0 Å². The summed E-state index contributed by atoms with van der Waals surface area (Å²) in [5, 5.41) is 13.2. The van der Waals surface area contributed by atoms with Gasteiger partial charge in [-0.3, -0.25) is 9.55 Å². The smallest absolute Gasteiger partial charge is 0.148 e. The van der Waals surface area contributed by atoms with Crippen LogP contribution in [-0.4, -0.2) is 19.6 Å². The van der Waals surface area contributed by atoms with E-state index in [4.69, 9.17) is 37.4 Å². The quantitative estimate of drug-likeness (QED) is 0.139. The van der Waals surface area contributed by atoms with E-state index in [1.54, 1.807) is 70.3 Å². The third-order valence-corrected chi connectivity index (χ3v) is 13.2. The first-order chi connectivity index (χ1) is 44.2. The average molecular weight is 1170 g/mol. The van der Waals surface area contributed by atoms with Crippen molar-refractivity contribution in [3.63, 3.8) is 0 Å².